The summed E-state index contributed by atoms with van der Waals surface area (Å²) in [6, 6.07) is -1.35. The molecule has 34 heavy (non-hydrogen) atoms. The van der Waals surface area contributed by atoms with Crippen molar-refractivity contribution in [3.05, 3.63) is 0 Å². The van der Waals surface area contributed by atoms with Crippen LogP contribution >= 0.6 is 8.25 Å². The number of fused-ring (bicyclic) bond motifs is 1. The fourth-order valence-electron chi connectivity index (χ4n) is 4.08. The molecule has 1 aliphatic heterocycles. The van der Waals surface area contributed by atoms with E-state index in [1.54, 1.807) is 4.90 Å². The van der Waals surface area contributed by atoms with Crippen LogP contribution in [0.25, 0.3) is 0 Å². The van der Waals surface area contributed by atoms with Crippen molar-refractivity contribution in [2.24, 2.45) is 22.5 Å². The fourth-order valence-corrected chi connectivity index (χ4v) is 4.46. The van der Waals surface area contributed by atoms with Crippen LogP contribution in [0.2, 0.25) is 0 Å². The number of piperidine rings is 1. The van der Waals surface area contributed by atoms with Crippen molar-refractivity contribution in [3.63, 3.8) is 0 Å². The Morgan fingerprint density at radius 2 is 1.76 bits per heavy atom. The second-order valence-electron chi connectivity index (χ2n) is 10.1. The zero-order valence-electron chi connectivity index (χ0n) is 20.0. The smallest absolute Gasteiger partial charge is 0.475 e. The summed E-state index contributed by atoms with van der Waals surface area (Å²) in [5, 5.41) is 9.81. The lowest BCUT2D eigenvalue weighted by Crippen LogP contribution is -2.58. The van der Waals surface area contributed by atoms with Crippen molar-refractivity contribution in [2.75, 3.05) is 0 Å². The van der Waals surface area contributed by atoms with E-state index in [9.17, 15) is 27.3 Å². The quantitative estimate of drug-likeness (QED) is 0.297. The molecule has 1 aliphatic carbocycles. The molecule has 2 unspecified atom stereocenters. The third kappa shape index (κ3) is 7.34. The molecule has 0 radical (unpaired) electrons. The summed E-state index contributed by atoms with van der Waals surface area (Å²) in [5.41, 5.74) is 5.75. The second kappa shape index (κ2) is 10.8. The van der Waals surface area contributed by atoms with E-state index >= 15 is 0 Å². The van der Waals surface area contributed by atoms with E-state index in [0.717, 1.165) is 0 Å². The lowest BCUT2D eigenvalue weighted by molar-refractivity contribution is -0.192. The molecule has 0 bridgehead atoms. The molecule has 1 saturated carbocycles. The Kier molecular flexibility index (Phi) is 9.63. The SMILES string of the molecule is CCCC(NC(=O)[C@@H]1C[C@H]2[C@@H](N1C(=O)[C@@H](N)C(C)(C)C)C2(C)C)O[P+](=O)O.O=C(O)C(F)(F)F. The summed E-state index contributed by atoms with van der Waals surface area (Å²) < 4.78 is 47.6. The largest absolute Gasteiger partial charge is 0.696 e. The first-order chi connectivity index (χ1) is 15.3. The van der Waals surface area contributed by atoms with E-state index in [2.05, 4.69) is 19.2 Å². The van der Waals surface area contributed by atoms with Crippen LogP contribution in [-0.2, 0) is 23.5 Å². The van der Waals surface area contributed by atoms with Gasteiger partial charge in [-0.25, -0.2) is 4.79 Å². The molecule has 0 aromatic carbocycles. The molecule has 196 valence electrons. The Bertz CT molecular complexity index is 801. The minimum atomic E-state index is -5.08. The van der Waals surface area contributed by atoms with E-state index in [1.165, 1.54) is 0 Å². The third-order valence-corrected chi connectivity index (χ3v) is 6.61. The first-order valence-electron chi connectivity index (χ1n) is 10.8. The number of carbonyl (C=O) groups is 3. The number of hydrogen-bond donors (Lipinski definition) is 4. The maximum atomic E-state index is 13.1. The average Bonchev–Trinajstić information content (AvgIpc) is 3.00. The topological polar surface area (TPSA) is 159 Å². The van der Waals surface area contributed by atoms with Crippen molar-refractivity contribution < 1.29 is 46.6 Å². The molecule has 10 nitrogen and oxygen atoms in total. The monoisotopic (exact) mass is 516 g/mol. The van der Waals surface area contributed by atoms with Crippen LogP contribution in [0.5, 0.6) is 0 Å². The van der Waals surface area contributed by atoms with Gasteiger partial charge in [0.1, 0.15) is 6.04 Å². The third-order valence-electron chi connectivity index (χ3n) is 6.17. The van der Waals surface area contributed by atoms with Gasteiger partial charge in [0.15, 0.2) is 6.23 Å². The number of halogens is 3. The standard InChI is InChI=1S/C18H32N3O5P.C2HF3O2/c1-7-8-12(26-27(24)25)20-15(22)11-9-10-14(18(10,5)6)21(11)16(23)13(19)17(2,3)4;3-2(4,5)1(6)7/h10-14H,7-9,19H2,1-6H3,(H-,20,22,24,25);(H,6,7)/p+1/t10-,11-,12?,13+,14+;/m0./s1. The molecule has 1 heterocycles. The minimum absolute atomic E-state index is 0.00540. The van der Waals surface area contributed by atoms with Gasteiger partial charge in [-0.05, 0) is 29.6 Å². The second-order valence-corrected chi connectivity index (χ2v) is 10.8. The number of nitrogens with two attached hydrogens (primary N) is 1. The van der Waals surface area contributed by atoms with Crippen molar-refractivity contribution in [1.29, 1.82) is 0 Å². The molecular formula is C20H34F3N3O7P+. The molecule has 14 heteroatoms. The molecule has 0 spiro atoms. The lowest BCUT2D eigenvalue weighted by atomic mass is 9.86. The Labute approximate surface area is 197 Å². The van der Waals surface area contributed by atoms with Crippen molar-refractivity contribution in [1.82, 2.24) is 10.2 Å². The summed E-state index contributed by atoms with van der Waals surface area (Å²) in [6.45, 7) is 11.8. The van der Waals surface area contributed by atoms with Gasteiger partial charge in [-0.15, -0.1) is 4.89 Å². The number of aliphatic carboxylic acids is 1. The fraction of sp³-hybridized carbons (Fsp3) is 0.850. The number of likely N-dealkylation sites (tertiary alicyclic amines) is 1. The summed E-state index contributed by atoms with van der Waals surface area (Å²) in [4.78, 5) is 45.5. The van der Waals surface area contributed by atoms with E-state index in [0.29, 0.717) is 19.3 Å². The van der Waals surface area contributed by atoms with Crippen LogP contribution in [0.4, 0.5) is 13.2 Å². The summed E-state index contributed by atoms with van der Waals surface area (Å²) >= 11 is 0. The Morgan fingerprint density at radius 3 is 2.15 bits per heavy atom. The van der Waals surface area contributed by atoms with Gasteiger partial charge in [-0.2, -0.15) is 13.2 Å². The predicted octanol–water partition coefficient (Wildman–Crippen LogP) is 2.53. The van der Waals surface area contributed by atoms with E-state index in [-0.39, 0.29) is 29.2 Å². The van der Waals surface area contributed by atoms with Crippen molar-refractivity contribution >= 4 is 26.0 Å². The van der Waals surface area contributed by atoms with Gasteiger partial charge in [0, 0.05) is 10.6 Å². The highest BCUT2D eigenvalue weighted by Gasteiger charge is 2.69. The molecule has 2 rings (SSSR count). The Hall–Kier alpha value is -1.82. The van der Waals surface area contributed by atoms with Crippen LogP contribution < -0.4 is 11.1 Å². The molecule has 0 aromatic heterocycles. The first-order valence-corrected chi connectivity index (χ1v) is 11.9. The number of rotatable bonds is 7. The average molecular weight is 516 g/mol. The van der Waals surface area contributed by atoms with Gasteiger partial charge in [0.05, 0.1) is 6.04 Å². The molecule has 2 aliphatic rings. The van der Waals surface area contributed by atoms with Crippen LogP contribution in [0.15, 0.2) is 0 Å². The number of carboxylic acid groups (broad SMARTS) is 1. The Morgan fingerprint density at radius 1 is 1.26 bits per heavy atom. The van der Waals surface area contributed by atoms with Gasteiger partial charge < -0.3 is 21.1 Å². The number of alkyl halides is 3. The highest BCUT2D eigenvalue weighted by molar-refractivity contribution is 7.32. The Balaban J connectivity index is 0.000000718. The highest BCUT2D eigenvalue weighted by atomic mass is 31.1. The number of amides is 2. The number of hydrogen-bond acceptors (Lipinski definition) is 6. The highest BCUT2D eigenvalue weighted by Crippen LogP contribution is 2.62. The molecule has 5 N–H and O–H groups in total. The van der Waals surface area contributed by atoms with Crippen LogP contribution in [0.1, 0.15) is 60.8 Å². The summed E-state index contributed by atoms with van der Waals surface area (Å²) in [5.74, 6) is -3.08. The molecule has 2 fully saturated rings. The van der Waals surface area contributed by atoms with Gasteiger partial charge in [0.2, 0.25) is 11.8 Å². The molecule has 6 atom stereocenters. The van der Waals surface area contributed by atoms with E-state index in [4.69, 9.17) is 25.1 Å². The number of nitrogens with zero attached hydrogens (tertiary/aromatic N) is 1. The summed E-state index contributed by atoms with van der Waals surface area (Å²) in [6.07, 6.45) is -4.28. The molecule has 1 saturated heterocycles. The lowest BCUT2D eigenvalue weighted by Gasteiger charge is -2.36. The van der Waals surface area contributed by atoms with Gasteiger partial charge in [-0.3, -0.25) is 9.59 Å². The van der Waals surface area contributed by atoms with Crippen molar-refractivity contribution in [2.45, 2.75) is 91.3 Å². The van der Waals surface area contributed by atoms with Crippen LogP contribution in [0.3, 0.4) is 0 Å². The zero-order chi connectivity index (χ0) is 26.8. The van der Waals surface area contributed by atoms with Gasteiger partial charge in [-0.1, -0.05) is 52.5 Å². The van der Waals surface area contributed by atoms with Gasteiger partial charge in [0.25, 0.3) is 0 Å². The van der Waals surface area contributed by atoms with Gasteiger partial charge >= 0.3 is 20.4 Å². The predicted molar refractivity (Wildman–Crippen MR) is 115 cm³/mol. The minimum Gasteiger partial charge on any atom is -0.475 e. The maximum absolute atomic E-state index is 13.1. The summed E-state index contributed by atoms with van der Waals surface area (Å²) in [7, 11) is -2.82. The normalized spacial score (nSPS) is 25.3. The van der Waals surface area contributed by atoms with Crippen LogP contribution in [-0.4, -0.2) is 63.2 Å². The van der Waals surface area contributed by atoms with E-state index < -0.39 is 44.1 Å². The number of carbonyl (C=O) groups excluding carboxylic acids is 2. The number of carboxylic acids is 1. The molecular weight excluding hydrogens is 482 g/mol. The first kappa shape index (κ1) is 30.2. The number of nitrogens with one attached hydrogen (secondary N) is 1. The molecule has 2 amide bonds. The zero-order valence-corrected chi connectivity index (χ0v) is 20.9. The van der Waals surface area contributed by atoms with E-state index in [1.807, 2.05) is 27.7 Å². The maximum Gasteiger partial charge on any atom is 0.696 e. The molecule has 0 aromatic rings. The van der Waals surface area contributed by atoms with Crippen molar-refractivity contribution in [3.8, 4) is 0 Å². The van der Waals surface area contributed by atoms with Crippen LogP contribution in [0, 0.1) is 16.7 Å².